The van der Waals surface area contributed by atoms with Crippen LogP contribution >= 0.6 is 31.9 Å². The van der Waals surface area contributed by atoms with Crippen molar-refractivity contribution in [3.8, 4) is 17.0 Å². The Morgan fingerprint density at radius 2 is 1.48 bits per heavy atom. The van der Waals surface area contributed by atoms with Gasteiger partial charge in [0.2, 0.25) is 5.91 Å². The normalized spacial score (nSPS) is 19.3. The monoisotopic (exact) mass is 756 g/mol. The Balaban J connectivity index is 1.11. The van der Waals surface area contributed by atoms with Crippen molar-refractivity contribution in [1.29, 1.82) is 0 Å². The highest BCUT2D eigenvalue weighted by Crippen LogP contribution is 2.34. The molecule has 3 N–H and O–H groups in total. The first kappa shape index (κ1) is 32.8. The fourth-order valence-corrected chi connectivity index (χ4v) is 8.44. The highest BCUT2D eigenvalue weighted by atomic mass is 79.9. The lowest BCUT2D eigenvalue weighted by molar-refractivity contribution is -0.134. The summed E-state index contributed by atoms with van der Waals surface area (Å²) in [5.74, 6) is 0.0173. The largest absolute Gasteiger partial charge is 0.506 e. The molecule has 0 radical (unpaired) electrons. The molecule has 4 heterocycles. The van der Waals surface area contributed by atoms with Crippen LogP contribution in [0.1, 0.15) is 56.6 Å². The molecule has 3 aliphatic rings. The van der Waals surface area contributed by atoms with E-state index in [1.165, 1.54) is 19.3 Å². The van der Waals surface area contributed by atoms with Gasteiger partial charge in [0.1, 0.15) is 11.8 Å². The van der Waals surface area contributed by atoms with Gasteiger partial charge in [-0.2, -0.15) is 0 Å². The molecule has 0 bridgehead atoms. The fraction of sp³-hybridized carbons (Fsp3) is 0.500. The second kappa shape index (κ2) is 14.8. The lowest BCUT2D eigenvalue weighted by Crippen LogP contribution is -2.56. The molecular weight excluding hydrogens is 716 g/mol. The molecule has 6 rings (SSSR count). The summed E-state index contributed by atoms with van der Waals surface area (Å²) in [7, 11) is 0. The number of H-pyrrole nitrogens is 1. The SMILES string of the molecule is O=C(N[C@H](Cc1cc(Br)c(O)c(Br)c1)C(=O)N1CCC(N2CCCCC2)CC1)N1CCC(n2cc(-c3ccccc3)[nH]c2=O)CC1. The number of phenolic OH excluding ortho intramolecular Hbond substituents is 1. The average molecular weight is 759 g/mol. The first-order valence-electron chi connectivity index (χ1n) is 16.4. The molecule has 3 aromatic rings. The molecule has 3 fully saturated rings. The number of aromatic amines is 1. The summed E-state index contributed by atoms with van der Waals surface area (Å²) in [5, 5.41) is 13.3. The molecule has 3 aliphatic heterocycles. The highest BCUT2D eigenvalue weighted by Gasteiger charge is 2.34. The first-order valence-corrected chi connectivity index (χ1v) is 18.0. The molecule has 10 nitrogen and oxygen atoms in total. The Bertz CT molecular complexity index is 1550. The molecular formula is C34H42Br2N6O4. The van der Waals surface area contributed by atoms with Gasteiger partial charge in [-0.3, -0.25) is 9.36 Å². The minimum Gasteiger partial charge on any atom is -0.506 e. The van der Waals surface area contributed by atoms with Gasteiger partial charge in [-0.25, -0.2) is 9.59 Å². The van der Waals surface area contributed by atoms with E-state index >= 15 is 0 Å². The maximum absolute atomic E-state index is 14.0. The van der Waals surface area contributed by atoms with Gasteiger partial charge >= 0.3 is 11.7 Å². The van der Waals surface area contributed by atoms with Crippen LogP contribution in [0.2, 0.25) is 0 Å². The summed E-state index contributed by atoms with van der Waals surface area (Å²) in [6.45, 7) is 4.60. The molecule has 0 unspecified atom stereocenters. The molecule has 3 saturated heterocycles. The van der Waals surface area contributed by atoms with Gasteiger partial charge < -0.3 is 30.1 Å². The molecule has 1 aromatic heterocycles. The number of aromatic nitrogens is 2. The summed E-state index contributed by atoms with van der Waals surface area (Å²) < 4.78 is 2.79. The lowest BCUT2D eigenvalue weighted by atomic mass is 9.98. The summed E-state index contributed by atoms with van der Waals surface area (Å²) in [4.78, 5) is 49.6. The molecule has 46 heavy (non-hydrogen) atoms. The molecule has 0 spiro atoms. The Hall–Kier alpha value is -3.09. The van der Waals surface area contributed by atoms with Crippen LogP contribution in [0.3, 0.4) is 0 Å². The van der Waals surface area contributed by atoms with E-state index in [0.717, 1.165) is 42.8 Å². The number of phenols is 1. The number of aromatic hydroxyl groups is 1. The van der Waals surface area contributed by atoms with Crippen LogP contribution in [0.25, 0.3) is 11.3 Å². The van der Waals surface area contributed by atoms with E-state index in [1.807, 2.05) is 41.4 Å². The van der Waals surface area contributed by atoms with Crippen molar-refractivity contribution >= 4 is 43.8 Å². The molecule has 0 saturated carbocycles. The van der Waals surface area contributed by atoms with Crippen molar-refractivity contribution < 1.29 is 14.7 Å². The summed E-state index contributed by atoms with van der Waals surface area (Å²) in [5.41, 5.74) is 2.40. The predicted octanol–water partition coefficient (Wildman–Crippen LogP) is 5.51. The fourth-order valence-electron chi connectivity index (χ4n) is 7.16. The number of imidazole rings is 1. The van der Waals surface area contributed by atoms with E-state index in [1.54, 1.807) is 21.6 Å². The smallest absolute Gasteiger partial charge is 0.326 e. The van der Waals surface area contributed by atoms with Gasteiger partial charge in [0, 0.05) is 50.9 Å². The van der Waals surface area contributed by atoms with Crippen molar-refractivity contribution in [3.05, 3.63) is 73.7 Å². The number of likely N-dealkylation sites (tertiary alicyclic amines) is 3. The van der Waals surface area contributed by atoms with Crippen LogP contribution in [-0.4, -0.2) is 92.6 Å². The quantitative estimate of drug-likeness (QED) is 0.295. The van der Waals surface area contributed by atoms with E-state index in [4.69, 9.17) is 0 Å². The van der Waals surface area contributed by atoms with E-state index < -0.39 is 6.04 Å². The number of hydrogen-bond donors (Lipinski definition) is 3. The summed E-state index contributed by atoms with van der Waals surface area (Å²) in [6.07, 6.45) is 9.13. The molecule has 2 aromatic carbocycles. The number of rotatable bonds is 7. The second-order valence-corrected chi connectivity index (χ2v) is 14.4. The first-order chi connectivity index (χ1) is 22.3. The third kappa shape index (κ3) is 7.55. The van der Waals surface area contributed by atoms with Crippen molar-refractivity contribution in [2.45, 2.75) is 69.5 Å². The van der Waals surface area contributed by atoms with Crippen LogP contribution < -0.4 is 11.0 Å². The second-order valence-electron chi connectivity index (χ2n) is 12.7. The highest BCUT2D eigenvalue weighted by molar-refractivity contribution is 9.11. The number of nitrogens with zero attached hydrogens (tertiary/aromatic N) is 4. The van der Waals surface area contributed by atoms with E-state index in [0.29, 0.717) is 60.4 Å². The van der Waals surface area contributed by atoms with Gasteiger partial charge in [0.05, 0.1) is 14.6 Å². The van der Waals surface area contributed by atoms with Crippen LogP contribution in [0.4, 0.5) is 4.79 Å². The molecule has 3 amide bonds. The van der Waals surface area contributed by atoms with Crippen LogP contribution in [0.5, 0.6) is 5.75 Å². The zero-order valence-electron chi connectivity index (χ0n) is 26.0. The zero-order chi connectivity index (χ0) is 32.2. The van der Waals surface area contributed by atoms with Crippen LogP contribution in [-0.2, 0) is 11.2 Å². The van der Waals surface area contributed by atoms with E-state index in [-0.39, 0.29) is 29.4 Å². The minimum atomic E-state index is -0.749. The molecule has 1 atom stereocenters. The number of hydrogen-bond acceptors (Lipinski definition) is 5. The number of nitrogens with one attached hydrogen (secondary N) is 2. The van der Waals surface area contributed by atoms with Gasteiger partial charge in [-0.15, -0.1) is 0 Å². The molecule has 12 heteroatoms. The Labute approximate surface area is 286 Å². The number of urea groups is 1. The van der Waals surface area contributed by atoms with Gasteiger partial charge in [-0.05, 0) is 107 Å². The zero-order valence-corrected chi connectivity index (χ0v) is 29.1. The number of carbonyl (C=O) groups excluding carboxylic acids is 2. The van der Waals surface area contributed by atoms with Crippen LogP contribution in [0.15, 0.2) is 62.4 Å². The third-order valence-corrected chi connectivity index (χ3v) is 11.0. The average Bonchev–Trinajstić information content (AvgIpc) is 3.48. The number of amides is 3. The number of carbonyl (C=O) groups is 2. The number of benzene rings is 2. The maximum atomic E-state index is 14.0. The van der Waals surface area contributed by atoms with Crippen molar-refractivity contribution in [2.24, 2.45) is 0 Å². The van der Waals surface area contributed by atoms with Crippen molar-refractivity contribution in [1.82, 2.24) is 29.6 Å². The number of piperidine rings is 3. The summed E-state index contributed by atoms with van der Waals surface area (Å²) in [6, 6.07) is 12.8. The van der Waals surface area contributed by atoms with Crippen molar-refractivity contribution in [2.75, 3.05) is 39.3 Å². The third-order valence-electron chi connectivity index (χ3n) is 9.77. The Morgan fingerprint density at radius 3 is 2.13 bits per heavy atom. The Kier molecular flexibility index (Phi) is 10.5. The van der Waals surface area contributed by atoms with Crippen LogP contribution in [0, 0.1) is 0 Å². The standard InChI is InChI=1S/C34H42Br2N6O4/c35-27-19-23(20-28(36)31(27)43)21-29(32(44)40-15-9-25(10-16-40)39-13-5-2-6-14-39)37-33(45)41-17-11-26(12-18-41)42-22-30(38-34(42)46)24-7-3-1-4-8-24/h1,3-4,7-8,19-20,22,25-26,29,43H,2,5-6,9-18,21H2,(H,37,45)(H,38,46)/t29-/m1/s1. The Morgan fingerprint density at radius 1 is 0.870 bits per heavy atom. The topological polar surface area (TPSA) is 114 Å². The molecule has 0 aliphatic carbocycles. The van der Waals surface area contributed by atoms with E-state index in [2.05, 4.69) is 47.1 Å². The molecule has 246 valence electrons. The minimum absolute atomic E-state index is 0.0180. The van der Waals surface area contributed by atoms with Gasteiger partial charge in [-0.1, -0.05) is 36.8 Å². The van der Waals surface area contributed by atoms with Gasteiger partial charge in [0.25, 0.3) is 0 Å². The maximum Gasteiger partial charge on any atom is 0.326 e. The summed E-state index contributed by atoms with van der Waals surface area (Å²) >= 11 is 6.80. The van der Waals surface area contributed by atoms with Crippen molar-refractivity contribution in [3.63, 3.8) is 0 Å². The predicted molar refractivity (Wildman–Crippen MR) is 185 cm³/mol. The number of halogens is 2. The van der Waals surface area contributed by atoms with Gasteiger partial charge in [0.15, 0.2) is 0 Å². The lowest BCUT2D eigenvalue weighted by Gasteiger charge is -2.41. The van der Waals surface area contributed by atoms with E-state index in [9.17, 15) is 19.5 Å².